The molecule has 3 rings (SSSR count). The fourth-order valence-electron chi connectivity index (χ4n) is 3.09. The van der Waals surface area contributed by atoms with Gasteiger partial charge in [-0.2, -0.15) is 0 Å². The summed E-state index contributed by atoms with van der Waals surface area (Å²) in [5.74, 6) is 1.71. The Morgan fingerprint density at radius 2 is 1.94 bits per heavy atom. The smallest absolute Gasteiger partial charge is 0.00757 e. The minimum Gasteiger partial charge on any atom is -0.317 e. The minimum absolute atomic E-state index is 0.759. The second-order valence-electron chi connectivity index (χ2n) is 5.74. The van der Waals surface area contributed by atoms with E-state index in [2.05, 4.69) is 37.5 Å². The Morgan fingerprint density at radius 1 is 1.18 bits per heavy atom. The van der Waals surface area contributed by atoms with Gasteiger partial charge in [0.05, 0.1) is 0 Å². The molecule has 1 aromatic rings. The van der Waals surface area contributed by atoms with Crippen molar-refractivity contribution < 1.29 is 0 Å². The van der Waals surface area contributed by atoms with Gasteiger partial charge in [-0.05, 0) is 67.7 Å². The lowest BCUT2D eigenvalue weighted by Gasteiger charge is -2.35. The zero-order valence-electron chi connectivity index (χ0n) is 11.0. The fraction of sp³-hybridized carbons (Fsp3) is 0.625. The van der Waals surface area contributed by atoms with Crippen LogP contribution in [0.2, 0.25) is 0 Å². The van der Waals surface area contributed by atoms with Gasteiger partial charge in [-0.15, -0.1) is 0 Å². The van der Waals surface area contributed by atoms with E-state index in [1.807, 2.05) is 0 Å². The standard InChI is InChI=1S/C16H23N/c1-3-11-4-7-13(10-16(11)12-5-6-12)14-8-15(9-14)17-2/h4,7,10,12,14-15,17H,3,5-6,8-9H2,1-2H3. The maximum atomic E-state index is 3.37. The molecule has 2 aliphatic carbocycles. The first kappa shape index (κ1) is 11.3. The normalized spacial score (nSPS) is 27.9. The predicted molar refractivity (Wildman–Crippen MR) is 72.6 cm³/mol. The van der Waals surface area contributed by atoms with E-state index in [0.717, 1.165) is 17.9 Å². The van der Waals surface area contributed by atoms with Crippen LogP contribution in [0.5, 0.6) is 0 Å². The van der Waals surface area contributed by atoms with E-state index in [0.29, 0.717) is 0 Å². The summed E-state index contributed by atoms with van der Waals surface area (Å²) < 4.78 is 0. The maximum absolute atomic E-state index is 3.37. The fourth-order valence-corrected chi connectivity index (χ4v) is 3.09. The second kappa shape index (κ2) is 4.45. The molecule has 17 heavy (non-hydrogen) atoms. The van der Waals surface area contributed by atoms with Crippen LogP contribution in [0.1, 0.15) is 61.1 Å². The van der Waals surface area contributed by atoms with Crippen molar-refractivity contribution in [2.75, 3.05) is 7.05 Å². The molecular formula is C16H23N. The molecule has 0 heterocycles. The van der Waals surface area contributed by atoms with E-state index in [4.69, 9.17) is 0 Å². The third-order valence-corrected chi connectivity index (χ3v) is 4.59. The van der Waals surface area contributed by atoms with Gasteiger partial charge in [-0.1, -0.05) is 25.1 Å². The van der Waals surface area contributed by atoms with E-state index < -0.39 is 0 Å². The number of hydrogen-bond donors (Lipinski definition) is 1. The van der Waals surface area contributed by atoms with E-state index in [9.17, 15) is 0 Å². The molecule has 2 fully saturated rings. The Kier molecular flexibility index (Phi) is 2.96. The van der Waals surface area contributed by atoms with Crippen molar-refractivity contribution >= 4 is 0 Å². The Balaban J connectivity index is 1.79. The molecule has 1 nitrogen and oxygen atoms in total. The number of rotatable bonds is 4. The molecule has 92 valence electrons. The van der Waals surface area contributed by atoms with Crippen molar-refractivity contribution in [3.8, 4) is 0 Å². The van der Waals surface area contributed by atoms with Crippen LogP contribution >= 0.6 is 0 Å². The van der Waals surface area contributed by atoms with Gasteiger partial charge in [0.2, 0.25) is 0 Å². The summed E-state index contributed by atoms with van der Waals surface area (Å²) in [6.45, 7) is 2.28. The first-order valence-corrected chi connectivity index (χ1v) is 7.11. The van der Waals surface area contributed by atoms with Gasteiger partial charge in [0.25, 0.3) is 0 Å². The molecule has 0 amide bonds. The Morgan fingerprint density at radius 3 is 2.53 bits per heavy atom. The van der Waals surface area contributed by atoms with Crippen molar-refractivity contribution in [1.29, 1.82) is 0 Å². The molecule has 0 saturated heterocycles. The minimum atomic E-state index is 0.759. The van der Waals surface area contributed by atoms with Gasteiger partial charge >= 0.3 is 0 Å². The molecule has 0 radical (unpaired) electrons. The zero-order valence-corrected chi connectivity index (χ0v) is 11.0. The quantitative estimate of drug-likeness (QED) is 0.832. The largest absolute Gasteiger partial charge is 0.317 e. The molecule has 0 bridgehead atoms. The highest BCUT2D eigenvalue weighted by Crippen LogP contribution is 2.44. The molecule has 0 spiro atoms. The third kappa shape index (κ3) is 2.13. The van der Waals surface area contributed by atoms with E-state index in [1.54, 1.807) is 16.7 Å². The maximum Gasteiger partial charge on any atom is 0.00757 e. The number of nitrogens with one attached hydrogen (secondary N) is 1. The summed E-state index contributed by atoms with van der Waals surface area (Å²) in [5.41, 5.74) is 4.84. The molecule has 0 aliphatic heterocycles. The predicted octanol–water partition coefficient (Wildman–Crippen LogP) is 3.59. The molecule has 0 unspecified atom stereocenters. The Labute approximate surface area is 105 Å². The molecule has 1 N–H and O–H groups in total. The zero-order chi connectivity index (χ0) is 11.8. The summed E-state index contributed by atoms with van der Waals surface area (Å²) in [6, 6.07) is 8.04. The van der Waals surface area contributed by atoms with Crippen LogP contribution in [0.15, 0.2) is 18.2 Å². The van der Waals surface area contributed by atoms with Crippen LogP contribution in [0, 0.1) is 0 Å². The summed E-state index contributed by atoms with van der Waals surface area (Å²) in [7, 11) is 2.08. The van der Waals surface area contributed by atoms with Crippen LogP contribution in [0.25, 0.3) is 0 Å². The van der Waals surface area contributed by atoms with Crippen molar-refractivity contribution in [3.05, 3.63) is 34.9 Å². The monoisotopic (exact) mass is 229 g/mol. The highest BCUT2D eigenvalue weighted by atomic mass is 14.9. The van der Waals surface area contributed by atoms with Crippen LogP contribution < -0.4 is 5.32 Å². The number of hydrogen-bond acceptors (Lipinski definition) is 1. The summed E-state index contributed by atoms with van der Waals surface area (Å²) in [5, 5.41) is 3.37. The summed E-state index contributed by atoms with van der Waals surface area (Å²) >= 11 is 0. The van der Waals surface area contributed by atoms with E-state index in [1.165, 1.54) is 32.1 Å². The van der Waals surface area contributed by atoms with Gasteiger partial charge in [0, 0.05) is 6.04 Å². The van der Waals surface area contributed by atoms with Crippen molar-refractivity contribution in [2.24, 2.45) is 0 Å². The SMILES string of the molecule is CCc1ccc(C2CC(NC)C2)cc1C1CC1. The second-order valence-corrected chi connectivity index (χ2v) is 5.74. The molecule has 2 saturated carbocycles. The van der Waals surface area contributed by atoms with Crippen molar-refractivity contribution in [1.82, 2.24) is 5.32 Å². The van der Waals surface area contributed by atoms with Gasteiger partial charge in [0.1, 0.15) is 0 Å². The van der Waals surface area contributed by atoms with E-state index in [-0.39, 0.29) is 0 Å². The van der Waals surface area contributed by atoms with Gasteiger partial charge in [-0.3, -0.25) is 0 Å². The van der Waals surface area contributed by atoms with Crippen LogP contribution in [0.4, 0.5) is 0 Å². The molecule has 1 heteroatoms. The third-order valence-electron chi connectivity index (χ3n) is 4.59. The van der Waals surface area contributed by atoms with E-state index >= 15 is 0 Å². The van der Waals surface area contributed by atoms with Crippen LogP contribution in [-0.4, -0.2) is 13.1 Å². The average Bonchev–Trinajstić information content (AvgIpc) is 3.11. The topological polar surface area (TPSA) is 12.0 Å². The van der Waals surface area contributed by atoms with Crippen LogP contribution in [0.3, 0.4) is 0 Å². The lowest BCUT2D eigenvalue weighted by molar-refractivity contribution is 0.307. The first-order chi connectivity index (χ1) is 8.31. The number of aryl methyl sites for hydroxylation is 1. The van der Waals surface area contributed by atoms with Crippen molar-refractivity contribution in [3.63, 3.8) is 0 Å². The highest BCUT2D eigenvalue weighted by molar-refractivity contribution is 5.39. The summed E-state index contributed by atoms with van der Waals surface area (Å²) in [6.07, 6.45) is 6.68. The first-order valence-electron chi connectivity index (χ1n) is 7.11. The van der Waals surface area contributed by atoms with Crippen molar-refractivity contribution in [2.45, 2.75) is 56.9 Å². The average molecular weight is 229 g/mol. The summed E-state index contributed by atoms with van der Waals surface area (Å²) in [4.78, 5) is 0. The lowest BCUT2D eigenvalue weighted by atomic mass is 9.75. The molecule has 0 atom stereocenters. The lowest BCUT2D eigenvalue weighted by Crippen LogP contribution is -2.37. The van der Waals surface area contributed by atoms with Gasteiger partial charge in [0.15, 0.2) is 0 Å². The number of benzene rings is 1. The molecule has 1 aromatic carbocycles. The van der Waals surface area contributed by atoms with Gasteiger partial charge < -0.3 is 5.32 Å². The van der Waals surface area contributed by atoms with Crippen LogP contribution in [-0.2, 0) is 6.42 Å². The molecule has 2 aliphatic rings. The Bertz CT molecular complexity index is 400. The molecular weight excluding hydrogens is 206 g/mol. The Hall–Kier alpha value is -0.820. The highest BCUT2D eigenvalue weighted by Gasteiger charge is 2.31. The van der Waals surface area contributed by atoms with Gasteiger partial charge in [-0.25, -0.2) is 0 Å². The molecule has 0 aromatic heterocycles.